The number of furan rings is 1. The van der Waals surface area contributed by atoms with Crippen molar-refractivity contribution in [3.05, 3.63) is 57.0 Å². The molecule has 1 aromatic carbocycles. The van der Waals surface area contributed by atoms with E-state index in [-0.39, 0.29) is 11.7 Å². The highest BCUT2D eigenvalue weighted by Gasteiger charge is 2.18. The molecule has 0 fully saturated rings. The van der Waals surface area contributed by atoms with Crippen LogP contribution in [0.25, 0.3) is 11.0 Å². The van der Waals surface area contributed by atoms with E-state index in [1.165, 1.54) is 11.3 Å². The van der Waals surface area contributed by atoms with Gasteiger partial charge in [0.2, 0.25) is 0 Å². The van der Waals surface area contributed by atoms with Crippen molar-refractivity contribution in [1.29, 1.82) is 0 Å². The van der Waals surface area contributed by atoms with Crippen LogP contribution in [0.1, 0.15) is 36.2 Å². The Morgan fingerprint density at radius 2 is 1.74 bits per heavy atom. The number of para-hydroxylation sites is 1. The average Bonchev–Trinajstić information content (AvgIpc) is 3.06. The molecule has 0 aliphatic rings. The second-order valence-corrected chi connectivity index (χ2v) is 6.57. The number of benzene rings is 1. The number of hydrogen-bond acceptors (Lipinski definition) is 4. The van der Waals surface area contributed by atoms with Gasteiger partial charge in [-0.1, -0.05) is 18.2 Å². The van der Waals surface area contributed by atoms with E-state index in [1.807, 2.05) is 39.0 Å². The Morgan fingerprint density at radius 3 is 2.39 bits per heavy atom. The van der Waals surface area contributed by atoms with E-state index in [0.29, 0.717) is 10.5 Å². The molecule has 0 spiro atoms. The predicted octanol–water partition coefficient (Wildman–Crippen LogP) is 3.49. The first kappa shape index (κ1) is 15.3. The number of hydrazine groups is 1. The third-order valence-electron chi connectivity index (χ3n) is 3.73. The van der Waals surface area contributed by atoms with E-state index in [9.17, 15) is 9.59 Å². The zero-order chi connectivity index (χ0) is 16.6. The standard InChI is InChI=1S/C17H16N2O3S/c1-9-8-14(23-11(9)3)16(20)18-19-17(21)15-10(2)12-6-4-5-7-13(12)22-15/h4-8H,1-3H3,(H,18,20)(H,19,21). The fourth-order valence-electron chi connectivity index (χ4n) is 2.31. The highest BCUT2D eigenvalue weighted by molar-refractivity contribution is 7.14. The molecule has 2 amide bonds. The van der Waals surface area contributed by atoms with Gasteiger partial charge in [-0.15, -0.1) is 11.3 Å². The summed E-state index contributed by atoms with van der Waals surface area (Å²) in [6.07, 6.45) is 0. The van der Waals surface area contributed by atoms with Crippen molar-refractivity contribution in [2.45, 2.75) is 20.8 Å². The van der Waals surface area contributed by atoms with Gasteiger partial charge in [-0.05, 0) is 38.5 Å². The quantitative estimate of drug-likeness (QED) is 0.707. The molecule has 0 saturated heterocycles. The number of nitrogens with one attached hydrogen (secondary N) is 2. The summed E-state index contributed by atoms with van der Waals surface area (Å²) >= 11 is 1.39. The lowest BCUT2D eigenvalue weighted by Gasteiger charge is -2.04. The van der Waals surface area contributed by atoms with Crippen LogP contribution >= 0.6 is 11.3 Å². The van der Waals surface area contributed by atoms with Crippen LogP contribution in [0.2, 0.25) is 0 Å². The van der Waals surface area contributed by atoms with E-state index < -0.39 is 5.91 Å². The highest BCUT2D eigenvalue weighted by Crippen LogP contribution is 2.24. The number of rotatable bonds is 2. The summed E-state index contributed by atoms with van der Waals surface area (Å²) in [5, 5.41) is 0.883. The van der Waals surface area contributed by atoms with Crippen LogP contribution in [0.3, 0.4) is 0 Å². The lowest BCUT2D eigenvalue weighted by molar-refractivity contribution is 0.0833. The van der Waals surface area contributed by atoms with Gasteiger partial charge in [-0.2, -0.15) is 0 Å². The summed E-state index contributed by atoms with van der Waals surface area (Å²) in [6, 6.07) is 9.22. The maximum atomic E-state index is 12.2. The molecular weight excluding hydrogens is 312 g/mol. The maximum Gasteiger partial charge on any atom is 0.305 e. The van der Waals surface area contributed by atoms with E-state index in [2.05, 4.69) is 10.9 Å². The minimum Gasteiger partial charge on any atom is -0.451 e. The Balaban J connectivity index is 1.73. The fraction of sp³-hybridized carbons (Fsp3) is 0.176. The van der Waals surface area contributed by atoms with Crippen molar-refractivity contribution in [3.63, 3.8) is 0 Å². The molecular formula is C17H16N2O3S. The second kappa shape index (κ2) is 5.89. The van der Waals surface area contributed by atoms with Crippen LogP contribution in [-0.2, 0) is 0 Å². The van der Waals surface area contributed by atoms with E-state index >= 15 is 0 Å². The number of amides is 2. The van der Waals surface area contributed by atoms with Gasteiger partial charge >= 0.3 is 5.91 Å². The molecule has 0 atom stereocenters. The summed E-state index contributed by atoms with van der Waals surface area (Å²) < 4.78 is 5.56. The first-order valence-electron chi connectivity index (χ1n) is 7.13. The number of thiophene rings is 1. The van der Waals surface area contributed by atoms with Gasteiger partial charge in [0, 0.05) is 15.8 Å². The average molecular weight is 328 g/mol. The molecule has 23 heavy (non-hydrogen) atoms. The molecule has 2 heterocycles. The number of aryl methyl sites for hydroxylation is 3. The molecule has 0 aliphatic heterocycles. The Bertz CT molecular complexity index is 888. The van der Waals surface area contributed by atoms with E-state index in [1.54, 1.807) is 12.1 Å². The van der Waals surface area contributed by atoms with Crippen molar-refractivity contribution >= 4 is 34.1 Å². The predicted molar refractivity (Wildman–Crippen MR) is 89.7 cm³/mol. The number of fused-ring (bicyclic) bond motifs is 1. The molecule has 0 radical (unpaired) electrons. The van der Waals surface area contributed by atoms with E-state index in [0.717, 1.165) is 21.4 Å². The van der Waals surface area contributed by atoms with Crippen LogP contribution in [0.15, 0.2) is 34.7 Å². The van der Waals surface area contributed by atoms with Gasteiger partial charge in [0.25, 0.3) is 5.91 Å². The molecule has 118 valence electrons. The molecule has 3 rings (SSSR count). The molecule has 0 aliphatic carbocycles. The van der Waals surface area contributed by atoms with Crippen molar-refractivity contribution in [2.75, 3.05) is 0 Å². The van der Waals surface area contributed by atoms with Crippen molar-refractivity contribution in [2.24, 2.45) is 0 Å². The molecule has 0 unspecified atom stereocenters. The SMILES string of the molecule is Cc1cc(C(=O)NNC(=O)c2oc3ccccc3c2C)sc1C. The number of carbonyl (C=O) groups excluding carboxylic acids is 2. The Hall–Kier alpha value is -2.60. The van der Waals surface area contributed by atoms with Crippen molar-refractivity contribution in [1.82, 2.24) is 10.9 Å². The molecule has 2 aromatic heterocycles. The second-order valence-electron chi connectivity index (χ2n) is 5.31. The Kier molecular flexibility index (Phi) is 3.92. The van der Waals surface area contributed by atoms with Crippen LogP contribution in [-0.4, -0.2) is 11.8 Å². The Labute approximate surface area is 137 Å². The van der Waals surface area contributed by atoms with Gasteiger partial charge in [-0.3, -0.25) is 20.4 Å². The molecule has 5 nitrogen and oxygen atoms in total. The number of hydrogen-bond donors (Lipinski definition) is 2. The molecule has 0 saturated carbocycles. The summed E-state index contributed by atoms with van der Waals surface area (Å²) in [5.41, 5.74) is 7.27. The summed E-state index contributed by atoms with van der Waals surface area (Å²) in [7, 11) is 0. The van der Waals surface area contributed by atoms with Crippen LogP contribution < -0.4 is 10.9 Å². The molecule has 0 bridgehead atoms. The smallest absolute Gasteiger partial charge is 0.305 e. The fourth-order valence-corrected chi connectivity index (χ4v) is 3.24. The molecule has 3 aromatic rings. The van der Waals surface area contributed by atoms with Crippen LogP contribution in [0, 0.1) is 20.8 Å². The normalized spacial score (nSPS) is 10.7. The van der Waals surface area contributed by atoms with Crippen LogP contribution in [0.5, 0.6) is 0 Å². The van der Waals surface area contributed by atoms with E-state index in [4.69, 9.17) is 4.42 Å². The van der Waals surface area contributed by atoms with Crippen molar-refractivity contribution < 1.29 is 14.0 Å². The third-order valence-corrected chi connectivity index (χ3v) is 4.88. The lowest BCUT2D eigenvalue weighted by Crippen LogP contribution is -2.41. The van der Waals surface area contributed by atoms with Crippen LogP contribution in [0.4, 0.5) is 0 Å². The first-order valence-corrected chi connectivity index (χ1v) is 7.95. The monoisotopic (exact) mass is 328 g/mol. The molecule has 2 N–H and O–H groups in total. The van der Waals surface area contributed by atoms with Gasteiger partial charge < -0.3 is 4.42 Å². The highest BCUT2D eigenvalue weighted by atomic mass is 32.1. The zero-order valence-corrected chi connectivity index (χ0v) is 13.8. The third kappa shape index (κ3) is 2.85. The zero-order valence-electron chi connectivity index (χ0n) is 13.0. The van der Waals surface area contributed by atoms with Gasteiger partial charge in [-0.25, -0.2) is 0 Å². The van der Waals surface area contributed by atoms with Crippen molar-refractivity contribution in [3.8, 4) is 0 Å². The summed E-state index contributed by atoms with van der Waals surface area (Å²) in [4.78, 5) is 25.9. The van der Waals surface area contributed by atoms with Gasteiger partial charge in [0.1, 0.15) is 5.58 Å². The largest absolute Gasteiger partial charge is 0.451 e. The maximum absolute atomic E-state index is 12.2. The number of carbonyl (C=O) groups is 2. The minimum absolute atomic E-state index is 0.199. The topological polar surface area (TPSA) is 71.3 Å². The first-order chi connectivity index (χ1) is 11.0. The minimum atomic E-state index is -0.475. The molecule has 6 heteroatoms. The van der Waals surface area contributed by atoms with Gasteiger partial charge in [0.05, 0.1) is 4.88 Å². The Morgan fingerprint density at radius 1 is 1.04 bits per heavy atom. The van der Waals surface area contributed by atoms with Gasteiger partial charge in [0.15, 0.2) is 5.76 Å². The summed E-state index contributed by atoms with van der Waals surface area (Å²) in [6.45, 7) is 5.71. The summed E-state index contributed by atoms with van der Waals surface area (Å²) in [5.74, 6) is -0.615. The lowest BCUT2D eigenvalue weighted by atomic mass is 10.1.